The van der Waals surface area contributed by atoms with E-state index in [1.54, 1.807) is 19.0 Å². The quantitative estimate of drug-likeness (QED) is 0.363. The highest BCUT2D eigenvalue weighted by atomic mass is 16.5. The number of guanidine groups is 1. The Morgan fingerprint density at radius 2 is 2.11 bits per heavy atom. The first-order valence-corrected chi connectivity index (χ1v) is 10.1. The molecule has 2 unspecified atom stereocenters. The number of carbonyl (C=O) groups is 1. The average Bonchev–Trinajstić information content (AvgIpc) is 3.23. The van der Waals surface area contributed by atoms with Crippen molar-refractivity contribution in [2.24, 2.45) is 4.99 Å². The summed E-state index contributed by atoms with van der Waals surface area (Å²) in [6.07, 6.45) is 3.29. The number of benzene rings is 1. The molecule has 1 amide bonds. The lowest BCUT2D eigenvalue weighted by Gasteiger charge is -2.17. The van der Waals surface area contributed by atoms with Crippen LogP contribution in [0.15, 0.2) is 35.3 Å². The number of aliphatic imine (C=N–C) groups is 1. The van der Waals surface area contributed by atoms with Crippen LogP contribution in [0.25, 0.3) is 0 Å². The Kier molecular flexibility index (Phi) is 9.79. The number of ether oxygens (including phenoxy) is 2. The highest BCUT2D eigenvalue weighted by Gasteiger charge is 2.15. The zero-order chi connectivity index (χ0) is 20.2. The molecule has 7 heteroatoms. The molecule has 2 rings (SSSR count). The van der Waals surface area contributed by atoms with Crippen LogP contribution >= 0.6 is 0 Å². The minimum Gasteiger partial charge on any atom is -0.376 e. The topological polar surface area (TPSA) is 75.2 Å². The summed E-state index contributed by atoms with van der Waals surface area (Å²) in [7, 11) is 3.46. The molecule has 1 saturated heterocycles. The molecule has 1 aromatic carbocycles. The molecule has 0 saturated carbocycles. The van der Waals surface area contributed by atoms with Gasteiger partial charge in [0, 0.05) is 40.4 Å². The van der Waals surface area contributed by atoms with Crippen molar-refractivity contribution in [2.75, 3.05) is 46.9 Å². The van der Waals surface area contributed by atoms with Crippen LogP contribution in [0.1, 0.15) is 37.9 Å². The van der Waals surface area contributed by atoms with Crippen molar-refractivity contribution in [1.29, 1.82) is 0 Å². The van der Waals surface area contributed by atoms with Crippen molar-refractivity contribution >= 4 is 11.9 Å². The van der Waals surface area contributed by atoms with Crippen molar-refractivity contribution in [1.82, 2.24) is 15.5 Å². The molecular formula is C21H34N4O3. The first-order valence-electron chi connectivity index (χ1n) is 10.1. The highest BCUT2D eigenvalue weighted by molar-refractivity contribution is 5.84. The largest absolute Gasteiger partial charge is 0.376 e. The van der Waals surface area contributed by atoms with Gasteiger partial charge in [0.2, 0.25) is 5.91 Å². The van der Waals surface area contributed by atoms with Crippen molar-refractivity contribution in [2.45, 2.75) is 38.4 Å². The van der Waals surface area contributed by atoms with Gasteiger partial charge in [0.25, 0.3) is 0 Å². The number of nitrogens with zero attached hydrogens (tertiary/aromatic N) is 2. The fourth-order valence-electron chi connectivity index (χ4n) is 2.84. The van der Waals surface area contributed by atoms with Gasteiger partial charge in [-0.05, 0) is 31.7 Å². The van der Waals surface area contributed by atoms with Gasteiger partial charge in [-0.25, -0.2) is 4.99 Å². The zero-order valence-electron chi connectivity index (χ0n) is 17.3. The van der Waals surface area contributed by atoms with Crippen LogP contribution in [0.3, 0.4) is 0 Å². The van der Waals surface area contributed by atoms with E-state index in [0.29, 0.717) is 19.1 Å². The number of amides is 1. The second kappa shape index (κ2) is 12.4. The van der Waals surface area contributed by atoms with Gasteiger partial charge in [-0.2, -0.15) is 0 Å². The van der Waals surface area contributed by atoms with E-state index >= 15 is 0 Å². The van der Waals surface area contributed by atoms with Gasteiger partial charge in [-0.15, -0.1) is 0 Å². The van der Waals surface area contributed by atoms with Crippen LogP contribution in [0.4, 0.5) is 0 Å². The maximum atomic E-state index is 11.8. The molecule has 0 radical (unpaired) electrons. The number of carbonyl (C=O) groups excluding carboxylic acids is 1. The fourth-order valence-corrected chi connectivity index (χ4v) is 2.84. The molecule has 1 fully saturated rings. The highest BCUT2D eigenvalue weighted by Crippen LogP contribution is 2.15. The van der Waals surface area contributed by atoms with E-state index in [1.165, 1.54) is 5.56 Å². The van der Waals surface area contributed by atoms with Crippen LogP contribution in [-0.4, -0.2) is 69.8 Å². The maximum Gasteiger partial charge on any atom is 0.243 e. The summed E-state index contributed by atoms with van der Waals surface area (Å²) in [5.74, 6) is 0.611. The smallest absolute Gasteiger partial charge is 0.243 e. The third-order valence-electron chi connectivity index (χ3n) is 4.64. The van der Waals surface area contributed by atoms with Crippen molar-refractivity contribution in [3.8, 4) is 0 Å². The molecule has 7 nitrogen and oxygen atoms in total. The van der Waals surface area contributed by atoms with E-state index in [2.05, 4.69) is 34.7 Å². The third-order valence-corrected chi connectivity index (χ3v) is 4.64. The summed E-state index contributed by atoms with van der Waals surface area (Å²) in [6, 6.07) is 10.2. The molecule has 156 valence electrons. The zero-order valence-corrected chi connectivity index (χ0v) is 17.3. The van der Waals surface area contributed by atoms with Crippen LogP contribution in [0.5, 0.6) is 0 Å². The average molecular weight is 391 g/mol. The van der Waals surface area contributed by atoms with Crippen molar-refractivity contribution in [3.63, 3.8) is 0 Å². The van der Waals surface area contributed by atoms with E-state index in [0.717, 1.165) is 32.4 Å². The normalized spacial score (nSPS) is 18.0. The Labute approximate surface area is 168 Å². The number of hydrogen-bond acceptors (Lipinski definition) is 4. The Bertz CT molecular complexity index is 601. The summed E-state index contributed by atoms with van der Waals surface area (Å²) in [5, 5.41) is 6.57. The Balaban J connectivity index is 1.72. The third kappa shape index (κ3) is 8.27. The first kappa shape index (κ1) is 22.2. The summed E-state index contributed by atoms with van der Waals surface area (Å²) in [4.78, 5) is 17.7. The van der Waals surface area contributed by atoms with Gasteiger partial charge in [0.1, 0.15) is 6.54 Å². The number of likely N-dealkylation sites (N-methyl/N-ethyl adjacent to an activating group) is 1. The lowest BCUT2D eigenvalue weighted by Crippen LogP contribution is -2.42. The molecule has 1 aromatic rings. The van der Waals surface area contributed by atoms with Crippen LogP contribution in [0, 0.1) is 0 Å². The Morgan fingerprint density at radius 3 is 2.79 bits per heavy atom. The SMILES string of the molecule is CC(OCCCNC(=NCC(=O)N(C)C)NCC1CCCO1)c1ccccc1. The molecule has 0 bridgehead atoms. The lowest BCUT2D eigenvalue weighted by molar-refractivity contribution is -0.127. The first-order chi connectivity index (χ1) is 13.6. The Hall–Kier alpha value is -2.12. The minimum absolute atomic E-state index is 0.0294. The van der Waals surface area contributed by atoms with E-state index < -0.39 is 0 Å². The molecular weight excluding hydrogens is 356 g/mol. The van der Waals surface area contributed by atoms with Gasteiger partial charge in [0.05, 0.1) is 12.2 Å². The van der Waals surface area contributed by atoms with E-state index in [-0.39, 0.29) is 24.7 Å². The van der Waals surface area contributed by atoms with Crippen LogP contribution in [0.2, 0.25) is 0 Å². The molecule has 1 aliphatic rings. The number of rotatable bonds is 10. The van der Waals surface area contributed by atoms with Crippen molar-refractivity contribution < 1.29 is 14.3 Å². The molecule has 1 heterocycles. The predicted octanol–water partition coefficient (Wildman–Crippen LogP) is 1.96. The molecule has 0 aromatic heterocycles. The minimum atomic E-state index is -0.0294. The monoisotopic (exact) mass is 390 g/mol. The van der Waals surface area contributed by atoms with E-state index in [1.807, 2.05) is 18.2 Å². The summed E-state index contributed by atoms with van der Waals surface area (Å²) < 4.78 is 11.5. The lowest BCUT2D eigenvalue weighted by atomic mass is 10.1. The molecule has 0 spiro atoms. The second-order valence-electron chi connectivity index (χ2n) is 7.17. The summed E-state index contributed by atoms with van der Waals surface area (Å²) in [6.45, 7) is 5.07. The van der Waals surface area contributed by atoms with Gasteiger partial charge >= 0.3 is 0 Å². The fraction of sp³-hybridized carbons (Fsp3) is 0.619. The molecule has 1 aliphatic heterocycles. The molecule has 0 aliphatic carbocycles. The Morgan fingerprint density at radius 1 is 1.32 bits per heavy atom. The standard InChI is InChI=1S/C21H34N4O3/c1-17(18-9-5-4-6-10-18)27-14-8-12-22-21(24-16-20(26)25(2)3)23-15-19-11-7-13-28-19/h4-6,9-10,17,19H,7-8,11-16H2,1-3H3,(H2,22,23,24). The number of nitrogens with one attached hydrogen (secondary N) is 2. The summed E-state index contributed by atoms with van der Waals surface area (Å²) in [5.41, 5.74) is 1.18. The van der Waals surface area contributed by atoms with Crippen LogP contribution in [-0.2, 0) is 14.3 Å². The molecule has 28 heavy (non-hydrogen) atoms. The second-order valence-corrected chi connectivity index (χ2v) is 7.17. The number of hydrogen-bond donors (Lipinski definition) is 2. The van der Waals surface area contributed by atoms with Crippen LogP contribution < -0.4 is 10.6 Å². The predicted molar refractivity (Wildman–Crippen MR) is 111 cm³/mol. The maximum absolute atomic E-state index is 11.8. The van der Waals surface area contributed by atoms with E-state index in [9.17, 15) is 4.79 Å². The summed E-state index contributed by atoms with van der Waals surface area (Å²) >= 11 is 0. The van der Waals surface area contributed by atoms with E-state index in [4.69, 9.17) is 9.47 Å². The van der Waals surface area contributed by atoms with Gasteiger partial charge in [-0.3, -0.25) is 4.79 Å². The van der Waals surface area contributed by atoms with Gasteiger partial charge in [-0.1, -0.05) is 30.3 Å². The van der Waals surface area contributed by atoms with Gasteiger partial charge < -0.3 is 25.0 Å². The van der Waals surface area contributed by atoms with Crippen molar-refractivity contribution in [3.05, 3.63) is 35.9 Å². The molecule has 2 N–H and O–H groups in total. The molecule has 2 atom stereocenters. The van der Waals surface area contributed by atoms with Gasteiger partial charge in [0.15, 0.2) is 5.96 Å².